The molecule has 1 N–H and O–H groups in total. The average molecular weight is 636 g/mol. The molecular formula is C49H33N. The summed E-state index contributed by atoms with van der Waals surface area (Å²) < 4.78 is 0. The van der Waals surface area contributed by atoms with Gasteiger partial charge in [-0.05, 0) is 108 Å². The predicted octanol–water partition coefficient (Wildman–Crippen LogP) is 13.1. The fraction of sp³-hybridized carbons (Fsp3) is 0.0204. The van der Waals surface area contributed by atoms with Crippen molar-refractivity contribution < 1.29 is 0 Å². The highest BCUT2D eigenvalue weighted by atomic mass is 14.9. The van der Waals surface area contributed by atoms with Crippen LogP contribution in [-0.2, 0) is 6.42 Å². The Balaban J connectivity index is 1.08. The van der Waals surface area contributed by atoms with Crippen LogP contribution < -0.4 is 5.32 Å². The van der Waals surface area contributed by atoms with E-state index in [0.29, 0.717) is 0 Å². The van der Waals surface area contributed by atoms with Crippen molar-refractivity contribution in [3.63, 3.8) is 0 Å². The Hall–Kier alpha value is -6.44. The van der Waals surface area contributed by atoms with E-state index in [0.717, 1.165) is 6.42 Å². The van der Waals surface area contributed by atoms with E-state index in [2.05, 4.69) is 187 Å². The van der Waals surface area contributed by atoms with Gasteiger partial charge in [0.2, 0.25) is 0 Å². The highest BCUT2D eigenvalue weighted by Crippen LogP contribution is 2.50. The second-order valence-electron chi connectivity index (χ2n) is 13.4. The molecule has 2 aliphatic rings. The van der Waals surface area contributed by atoms with Gasteiger partial charge in [0.25, 0.3) is 0 Å². The zero-order valence-corrected chi connectivity index (χ0v) is 27.5. The lowest BCUT2D eigenvalue weighted by Gasteiger charge is -2.24. The number of hydrogen-bond acceptors (Lipinski definition) is 1. The second-order valence-corrected chi connectivity index (χ2v) is 13.4. The second kappa shape index (κ2) is 11.6. The summed E-state index contributed by atoms with van der Waals surface area (Å²) >= 11 is 0. The minimum absolute atomic E-state index is 0.923. The van der Waals surface area contributed by atoms with Gasteiger partial charge in [-0.2, -0.15) is 0 Å². The molecule has 1 aliphatic carbocycles. The molecule has 0 spiro atoms. The monoisotopic (exact) mass is 635 g/mol. The lowest BCUT2D eigenvalue weighted by atomic mass is 9.87. The lowest BCUT2D eigenvalue weighted by Crippen LogP contribution is -2.02. The number of fused-ring (bicyclic) bond motifs is 6. The zero-order valence-electron chi connectivity index (χ0n) is 27.5. The SMILES string of the molecule is C(=C(c1ccc(-c2ccccc2)cc1)c1ccc2c(c1)Cc1c-2cc2c3c(cccc13)Nc1ccccc1-2)c1ccc(-c2ccccc2)cc1. The molecule has 0 saturated carbocycles. The first-order valence-corrected chi connectivity index (χ1v) is 17.4. The molecule has 1 heteroatoms. The fourth-order valence-corrected chi connectivity index (χ4v) is 8.00. The summed E-state index contributed by atoms with van der Waals surface area (Å²) in [5.74, 6) is 0. The van der Waals surface area contributed by atoms with E-state index in [-0.39, 0.29) is 0 Å². The first-order valence-electron chi connectivity index (χ1n) is 17.4. The summed E-state index contributed by atoms with van der Waals surface area (Å²) in [6.07, 6.45) is 3.27. The van der Waals surface area contributed by atoms with Crippen LogP contribution in [0.5, 0.6) is 0 Å². The first kappa shape index (κ1) is 28.6. The van der Waals surface area contributed by atoms with Crippen LogP contribution in [-0.4, -0.2) is 0 Å². The van der Waals surface area contributed by atoms with Crippen molar-refractivity contribution in [1.82, 2.24) is 0 Å². The van der Waals surface area contributed by atoms with Crippen molar-refractivity contribution in [1.29, 1.82) is 0 Å². The third-order valence-corrected chi connectivity index (χ3v) is 10.5. The van der Waals surface area contributed by atoms with E-state index < -0.39 is 0 Å². The van der Waals surface area contributed by atoms with Crippen LogP contribution in [0.25, 0.3) is 66.9 Å². The topological polar surface area (TPSA) is 12.0 Å². The first-order chi connectivity index (χ1) is 24.8. The number of benzene rings is 8. The summed E-state index contributed by atoms with van der Waals surface area (Å²) in [5, 5.41) is 6.38. The molecule has 0 saturated heterocycles. The van der Waals surface area contributed by atoms with Gasteiger partial charge in [-0.1, -0.05) is 158 Å². The van der Waals surface area contributed by atoms with Crippen molar-refractivity contribution in [2.45, 2.75) is 6.42 Å². The molecule has 0 atom stereocenters. The van der Waals surface area contributed by atoms with Gasteiger partial charge < -0.3 is 5.32 Å². The molecule has 50 heavy (non-hydrogen) atoms. The van der Waals surface area contributed by atoms with Crippen LogP contribution in [0.2, 0.25) is 0 Å². The third kappa shape index (κ3) is 4.78. The van der Waals surface area contributed by atoms with E-state index in [9.17, 15) is 0 Å². The summed E-state index contributed by atoms with van der Waals surface area (Å²) in [4.78, 5) is 0. The highest BCUT2D eigenvalue weighted by molar-refractivity contribution is 6.15. The molecule has 0 bridgehead atoms. The molecule has 10 rings (SSSR count). The molecule has 8 aromatic rings. The Morgan fingerprint density at radius 3 is 1.80 bits per heavy atom. The van der Waals surface area contributed by atoms with Gasteiger partial charge in [-0.25, -0.2) is 0 Å². The van der Waals surface area contributed by atoms with E-state index in [1.807, 2.05) is 0 Å². The molecule has 234 valence electrons. The van der Waals surface area contributed by atoms with Gasteiger partial charge >= 0.3 is 0 Å². The molecule has 1 aliphatic heterocycles. The van der Waals surface area contributed by atoms with E-state index in [4.69, 9.17) is 0 Å². The van der Waals surface area contributed by atoms with E-state index in [1.54, 1.807) is 0 Å². The molecule has 0 aromatic heterocycles. The maximum Gasteiger partial charge on any atom is 0.0470 e. The molecule has 0 unspecified atom stereocenters. The van der Waals surface area contributed by atoms with Crippen molar-refractivity contribution in [2.75, 3.05) is 5.32 Å². The molecule has 0 amide bonds. The highest BCUT2D eigenvalue weighted by Gasteiger charge is 2.27. The zero-order chi connectivity index (χ0) is 33.0. The quantitative estimate of drug-likeness (QED) is 0.186. The van der Waals surface area contributed by atoms with Crippen molar-refractivity contribution >= 4 is 33.8 Å². The van der Waals surface area contributed by atoms with Gasteiger partial charge in [0.05, 0.1) is 0 Å². The minimum Gasteiger partial charge on any atom is -0.354 e. The third-order valence-electron chi connectivity index (χ3n) is 10.5. The fourth-order valence-electron chi connectivity index (χ4n) is 8.00. The van der Waals surface area contributed by atoms with Gasteiger partial charge in [-0.3, -0.25) is 0 Å². The molecule has 1 nitrogen and oxygen atoms in total. The average Bonchev–Trinajstić information content (AvgIpc) is 3.56. The minimum atomic E-state index is 0.923. The normalized spacial score (nSPS) is 12.6. The van der Waals surface area contributed by atoms with Crippen molar-refractivity contribution in [2.24, 2.45) is 0 Å². The largest absolute Gasteiger partial charge is 0.354 e. The number of nitrogens with one attached hydrogen (secondary N) is 1. The van der Waals surface area contributed by atoms with E-state index >= 15 is 0 Å². The molecule has 1 heterocycles. The predicted molar refractivity (Wildman–Crippen MR) is 212 cm³/mol. The number of hydrogen-bond donors (Lipinski definition) is 1. The van der Waals surface area contributed by atoms with E-state index in [1.165, 1.54) is 100 Å². The molecule has 0 fully saturated rings. The van der Waals surface area contributed by atoms with Crippen LogP contribution in [0.15, 0.2) is 176 Å². The summed E-state index contributed by atoms with van der Waals surface area (Å²) in [6, 6.07) is 64.1. The lowest BCUT2D eigenvalue weighted by molar-refractivity contribution is 1.28. The smallest absolute Gasteiger partial charge is 0.0470 e. The Morgan fingerprint density at radius 1 is 0.440 bits per heavy atom. The van der Waals surface area contributed by atoms with Crippen LogP contribution in [0.1, 0.15) is 27.8 Å². The Bertz CT molecular complexity index is 2590. The molecule has 8 aromatic carbocycles. The summed E-state index contributed by atoms with van der Waals surface area (Å²) in [7, 11) is 0. The van der Waals surface area contributed by atoms with Crippen molar-refractivity contribution in [3.8, 4) is 44.5 Å². The van der Waals surface area contributed by atoms with Crippen LogP contribution in [0.4, 0.5) is 11.4 Å². The van der Waals surface area contributed by atoms with Gasteiger partial charge in [0.1, 0.15) is 0 Å². The van der Waals surface area contributed by atoms with Gasteiger partial charge in [-0.15, -0.1) is 0 Å². The van der Waals surface area contributed by atoms with Crippen LogP contribution >= 0.6 is 0 Å². The standard InChI is InChI=1S/C49H33N/c1-3-10-33(11-4-1)35-20-18-32(19-21-35)28-43(37-24-22-36(23-25-37)34-12-5-2-6-13-34)38-26-27-40-39(29-38)30-44-42-15-9-17-48-49(42)46(31-45(40)44)41-14-7-8-16-47(41)50-48/h1-29,31,50H,30H2. The Morgan fingerprint density at radius 2 is 1.06 bits per heavy atom. The van der Waals surface area contributed by atoms with Crippen LogP contribution in [0.3, 0.4) is 0 Å². The molecular weight excluding hydrogens is 603 g/mol. The van der Waals surface area contributed by atoms with Gasteiger partial charge in [0, 0.05) is 22.3 Å². The Labute approximate surface area is 292 Å². The number of anilines is 2. The van der Waals surface area contributed by atoms with Crippen molar-refractivity contribution in [3.05, 3.63) is 204 Å². The van der Waals surface area contributed by atoms with Crippen LogP contribution in [0, 0.1) is 0 Å². The number of para-hydroxylation sites is 1. The maximum absolute atomic E-state index is 3.70. The van der Waals surface area contributed by atoms with Gasteiger partial charge in [0.15, 0.2) is 0 Å². The maximum atomic E-state index is 3.70. The summed E-state index contributed by atoms with van der Waals surface area (Å²) in [5.41, 5.74) is 20.2. The Kier molecular flexibility index (Phi) is 6.63. The summed E-state index contributed by atoms with van der Waals surface area (Å²) in [6.45, 7) is 0. The number of rotatable bonds is 5. The molecule has 0 radical (unpaired) electrons.